The van der Waals surface area contributed by atoms with E-state index in [2.05, 4.69) is 28.1 Å². The van der Waals surface area contributed by atoms with Crippen molar-refractivity contribution < 1.29 is 9.59 Å². The van der Waals surface area contributed by atoms with Gasteiger partial charge in [-0.2, -0.15) is 0 Å². The first-order chi connectivity index (χ1) is 16.0. The summed E-state index contributed by atoms with van der Waals surface area (Å²) in [6.07, 6.45) is 6.58. The highest BCUT2D eigenvalue weighted by Gasteiger charge is 2.40. The average molecular weight is 444 g/mol. The predicted octanol–water partition coefficient (Wildman–Crippen LogP) is 5.26. The van der Waals surface area contributed by atoms with E-state index in [4.69, 9.17) is 0 Å². The standard InChI is InChI=1S/C28H33N3O2/c1-18-13-14-19(2)24(17-18)31-25(32)16-15-22-21-11-7-8-12-23(21)30(3)26(22)27(31)28(33)29-20-9-5-4-6-10-20/h7-8,11-14,17,20,27H,4-6,9-10,15-16H2,1-3H3,(H,29,33). The summed E-state index contributed by atoms with van der Waals surface area (Å²) in [6, 6.07) is 13.9. The molecule has 2 amide bonds. The van der Waals surface area contributed by atoms with Crippen molar-refractivity contribution >= 4 is 28.4 Å². The second kappa shape index (κ2) is 8.69. The first-order valence-corrected chi connectivity index (χ1v) is 12.2. The summed E-state index contributed by atoms with van der Waals surface area (Å²) in [5.74, 6) is -0.0574. The van der Waals surface area contributed by atoms with E-state index in [1.807, 2.05) is 45.2 Å². The first-order valence-electron chi connectivity index (χ1n) is 12.2. The number of carbonyl (C=O) groups excluding carboxylic acids is 2. The van der Waals surface area contributed by atoms with Crippen molar-refractivity contribution in [2.75, 3.05) is 4.90 Å². The number of nitrogens with zero attached hydrogens (tertiary/aromatic N) is 2. The third kappa shape index (κ3) is 3.84. The van der Waals surface area contributed by atoms with E-state index in [1.54, 1.807) is 4.90 Å². The molecule has 33 heavy (non-hydrogen) atoms. The average Bonchev–Trinajstić information content (AvgIpc) is 2.99. The number of rotatable bonds is 3. The van der Waals surface area contributed by atoms with Gasteiger partial charge in [-0.25, -0.2) is 0 Å². The highest BCUT2D eigenvalue weighted by molar-refractivity contribution is 6.04. The summed E-state index contributed by atoms with van der Waals surface area (Å²) in [4.78, 5) is 29.4. The van der Waals surface area contributed by atoms with Crippen molar-refractivity contribution in [2.24, 2.45) is 7.05 Å². The summed E-state index contributed by atoms with van der Waals surface area (Å²) in [5.41, 5.74) is 6.09. The minimum absolute atomic E-state index is 0.00720. The third-order valence-corrected chi connectivity index (χ3v) is 7.46. The van der Waals surface area contributed by atoms with E-state index in [-0.39, 0.29) is 17.9 Å². The number of hydrogen-bond donors (Lipinski definition) is 1. The zero-order valence-corrected chi connectivity index (χ0v) is 19.9. The van der Waals surface area contributed by atoms with Crippen LogP contribution in [0, 0.1) is 13.8 Å². The first kappa shape index (κ1) is 21.7. The Labute approximate surface area is 195 Å². The predicted molar refractivity (Wildman–Crippen MR) is 132 cm³/mol. The van der Waals surface area contributed by atoms with Crippen LogP contribution >= 0.6 is 0 Å². The van der Waals surface area contributed by atoms with Gasteiger partial charge in [-0.15, -0.1) is 0 Å². The van der Waals surface area contributed by atoms with Crippen LogP contribution in [0.5, 0.6) is 0 Å². The molecule has 1 fully saturated rings. The number of nitrogens with one attached hydrogen (secondary N) is 1. The van der Waals surface area contributed by atoms with E-state index >= 15 is 0 Å². The Bertz CT molecular complexity index is 1220. The van der Waals surface area contributed by atoms with E-state index < -0.39 is 6.04 Å². The van der Waals surface area contributed by atoms with Gasteiger partial charge in [0.1, 0.15) is 0 Å². The van der Waals surface area contributed by atoms with Crippen LogP contribution in [0.25, 0.3) is 10.9 Å². The van der Waals surface area contributed by atoms with Gasteiger partial charge in [-0.1, -0.05) is 49.6 Å². The van der Waals surface area contributed by atoms with E-state index in [9.17, 15) is 9.59 Å². The maximum Gasteiger partial charge on any atom is 0.249 e. The SMILES string of the molecule is Cc1ccc(C)c(N2C(=O)CCc3c(n(C)c4ccccc34)C2C(=O)NC2CCCCC2)c1. The summed E-state index contributed by atoms with van der Waals surface area (Å²) in [5, 5.41) is 4.48. The molecule has 0 radical (unpaired) electrons. The van der Waals surface area contributed by atoms with Crippen molar-refractivity contribution in [3.63, 3.8) is 0 Å². The number of carbonyl (C=O) groups is 2. The van der Waals surface area contributed by atoms with Gasteiger partial charge in [0.05, 0.1) is 5.69 Å². The zero-order chi connectivity index (χ0) is 23.1. The second-order valence-electron chi connectivity index (χ2n) is 9.74. The smallest absolute Gasteiger partial charge is 0.249 e. The normalized spacial score (nSPS) is 19.4. The van der Waals surface area contributed by atoms with Crippen molar-refractivity contribution in [3.05, 3.63) is 64.8 Å². The molecule has 1 unspecified atom stereocenters. The van der Waals surface area contributed by atoms with Crippen LogP contribution in [0.1, 0.15) is 67.0 Å². The molecule has 1 saturated carbocycles. The van der Waals surface area contributed by atoms with Gasteiger partial charge < -0.3 is 9.88 Å². The van der Waals surface area contributed by atoms with Crippen molar-refractivity contribution in [1.82, 2.24) is 9.88 Å². The van der Waals surface area contributed by atoms with Crippen molar-refractivity contribution in [3.8, 4) is 0 Å². The highest BCUT2D eigenvalue weighted by Crippen LogP contribution is 2.40. The number of hydrogen-bond acceptors (Lipinski definition) is 2. The number of anilines is 1. The molecule has 1 aliphatic heterocycles. The molecule has 2 aromatic carbocycles. The van der Waals surface area contributed by atoms with Gasteiger partial charge in [-0.3, -0.25) is 14.5 Å². The summed E-state index contributed by atoms with van der Waals surface area (Å²) >= 11 is 0. The van der Waals surface area contributed by atoms with E-state index in [0.717, 1.165) is 64.7 Å². The highest BCUT2D eigenvalue weighted by atomic mass is 16.2. The molecule has 5 heteroatoms. The van der Waals surface area contributed by atoms with Gasteiger partial charge in [-0.05, 0) is 61.9 Å². The van der Waals surface area contributed by atoms with E-state index in [1.165, 1.54) is 6.42 Å². The molecule has 1 aromatic heterocycles. The maximum absolute atomic E-state index is 14.0. The van der Waals surface area contributed by atoms with Gasteiger partial charge in [0, 0.05) is 36.1 Å². The minimum atomic E-state index is -0.685. The van der Waals surface area contributed by atoms with Crippen LogP contribution in [-0.2, 0) is 23.1 Å². The monoisotopic (exact) mass is 443 g/mol. The quantitative estimate of drug-likeness (QED) is 0.600. The molecule has 1 aliphatic carbocycles. The fraction of sp³-hybridized carbons (Fsp3) is 0.429. The van der Waals surface area contributed by atoms with Gasteiger partial charge in [0.15, 0.2) is 6.04 Å². The molecular formula is C28H33N3O2. The molecule has 5 rings (SSSR count). The molecule has 2 aliphatic rings. The number of amides is 2. The Morgan fingerprint density at radius 3 is 2.55 bits per heavy atom. The molecule has 2 heterocycles. The molecule has 0 spiro atoms. The molecular weight excluding hydrogens is 410 g/mol. The number of fused-ring (bicyclic) bond motifs is 3. The van der Waals surface area contributed by atoms with Crippen molar-refractivity contribution in [1.29, 1.82) is 0 Å². The topological polar surface area (TPSA) is 54.3 Å². The molecule has 0 bridgehead atoms. The zero-order valence-electron chi connectivity index (χ0n) is 19.9. The lowest BCUT2D eigenvalue weighted by atomic mass is 9.94. The largest absolute Gasteiger partial charge is 0.351 e. The molecule has 0 saturated heterocycles. The van der Waals surface area contributed by atoms with Crippen LogP contribution in [0.2, 0.25) is 0 Å². The Morgan fingerprint density at radius 1 is 1.00 bits per heavy atom. The fourth-order valence-corrected chi connectivity index (χ4v) is 5.74. The lowest BCUT2D eigenvalue weighted by Crippen LogP contribution is -2.47. The Morgan fingerprint density at radius 2 is 1.76 bits per heavy atom. The van der Waals surface area contributed by atoms with E-state index in [0.29, 0.717) is 12.8 Å². The number of benzene rings is 2. The Kier molecular flexibility index (Phi) is 5.73. The van der Waals surface area contributed by atoms with Crippen LogP contribution in [0.4, 0.5) is 5.69 Å². The molecule has 1 atom stereocenters. The summed E-state index contributed by atoms with van der Waals surface area (Å²) < 4.78 is 2.13. The van der Waals surface area contributed by atoms with Gasteiger partial charge in [0.25, 0.3) is 0 Å². The van der Waals surface area contributed by atoms with Gasteiger partial charge in [0.2, 0.25) is 11.8 Å². The van der Waals surface area contributed by atoms with Gasteiger partial charge >= 0.3 is 0 Å². The third-order valence-electron chi connectivity index (χ3n) is 7.46. The second-order valence-corrected chi connectivity index (χ2v) is 9.74. The Balaban J connectivity index is 1.69. The number of aryl methyl sites for hydroxylation is 4. The molecule has 3 aromatic rings. The minimum Gasteiger partial charge on any atom is -0.351 e. The summed E-state index contributed by atoms with van der Waals surface area (Å²) in [7, 11) is 2.03. The number of para-hydroxylation sites is 1. The maximum atomic E-state index is 14.0. The fourth-order valence-electron chi connectivity index (χ4n) is 5.74. The van der Waals surface area contributed by atoms with Crippen LogP contribution < -0.4 is 10.2 Å². The van der Waals surface area contributed by atoms with Crippen LogP contribution in [-0.4, -0.2) is 22.4 Å². The molecule has 172 valence electrons. The van der Waals surface area contributed by atoms with Crippen LogP contribution in [0.3, 0.4) is 0 Å². The Hall–Kier alpha value is -3.08. The lowest BCUT2D eigenvalue weighted by molar-refractivity contribution is -0.127. The summed E-state index contributed by atoms with van der Waals surface area (Å²) in [6.45, 7) is 4.05. The lowest BCUT2D eigenvalue weighted by Gasteiger charge is -2.33. The molecule has 1 N–H and O–H groups in total. The van der Waals surface area contributed by atoms with Crippen LogP contribution in [0.15, 0.2) is 42.5 Å². The molecule has 5 nitrogen and oxygen atoms in total. The number of aromatic nitrogens is 1. The van der Waals surface area contributed by atoms with Crippen molar-refractivity contribution in [2.45, 2.75) is 70.9 Å².